The highest BCUT2D eigenvalue weighted by atomic mass is 32.1. The highest BCUT2D eigenvalue weighted by Gasteiger charge is 2.38. The molecular weight excluding hydrogens is 474 g/mol. The summed E-state index contributed by atoms with van der Waals surface area (Å²) in [6.07, 6.45) is 0. The topological polar surface area (TPSA) is 137 Å². The van der Waals surface area contributed by atoms with Crippen molar-refractivity contribution in [2.45, 2.75) is 12.8 Å². The Morgan fingerprint density at radius 3 is 2.71 bits per heavy atom. The Bertz CT molecular complexity index is 1510. The van der Waals surface area contributed by atoms with Gasteiger partial charge in [0.05, 0.1) is 33.3 Å². The highest BCUT2D eigenvalue weighted by Crippen LogP contribution is 2.50. The number of nitro benzene ring substituents is 1. The van der Waals surface area contributed by atoms with E-state index in [-0.39, 0.29) is 21.5 Å². The maximum Gasteiger partial charge on any atom is 0.269 e. The van der Waals surface area contributed by atoms with E-state index in [4.69, 9.17) is 40.0 Å². The van der Waals surface area contributed by atoms with Crippen LogP contribution >= 0.6 is 24.4 Å². The molecule has 1 aliphatic heterocycles. The molecule has 34 heavy (non-hydrogen) atoms. The Morgan fingerprint density at radius 1 is 1.24 bits per heavy atom. The van der Waals surface area contributed by atoms with E-state index >= 15 is 0 Å². The summed E-state index contributed by atoms with van der Waals surface area (Å²) >= 11 is 10.3. The van der Waals surface area contributed by atoms with Crippen LogP contribution in [0.25, 0.3) is 5.69 Å². The standard InChI is InChI=1S/C22H17N7O3S2/c1-11-15-16(12-6-5-9-14(10-12)29(30)31)17-18(24-21(23)33)25-22(34)26-19(17)32-20(15)28(27-11)13-7-3-2-4-8-13/h2-10,16H,1H3,(H4,23,24,25,26,33,34). The van der Waals surface area contributed by atoms with Crippen LogP contribution in [-0.2, 0) is 0 Å². The van der Waals surface area contributed by atoms with Crippen LogP contribution in [0.5, 0.6) is 11.8 Å². The summed E-state index contributed by atoms with van der Waals surface area (Å²) in [6.45, 7) is 1.86. The number of aromatic amines is 1. The summed E-state index contributed by atoms with van der Waals surface area (Å²) < 4.78 is 8.10. The van der Waals surface area contributed by atoms with Crippen molar-refractivity contribution in [1.82, 2.24) is 19.7 Å². The molecule has 10 nitrogen and oxygen atoms in total. The number of nitrogens with one attached hydrogen (secondary N) is 2. The number of non-ortho nitro benzene ring substituents is 1. The van der Waals surface area contributed by atoms with Gasteiger partial charge in [-0.25, -0.2) is 4.68 Å². The zero-order valence-electron chi connectivity index (χ0n) is 17.7. The zero-order valence-corrected chi connectivity index (χ0v) is 19.3. The second-order valence-corrected chi connectivity index (χ2v) is 8.39. The van der Waals surface area contributed by atoms with Gasteiger partial charge in [0.15, 0.2) is 5.11 Å². The van der Waals surface area contributed by atoms with Gasteiger partial charge in [-0.3, -0.25) is 10.1 Å². The number of aryl methyl sites for hydroxylation is 1. The van der Waals surface area contributed by atoms with Crippen molar-refractivity contribution in [3.05, 3.63) is 91.9 Å². The molecule has 0 saturated heterocycles. The molecule has 3 heterocycles. The summed E-state index contributed by atoms with van der Waals surface area (Å²) in [5.74, 6) is 0.537. The van der Waals surface area contributed by atoms with Gasteiger partial charge in [-0.05, 0) is 49.1 Å². The first-order valence-electron chi connectivity index (χ1n) is 10.1. The maximum atomic E-state index is 11.5. The number of nitro groups is 1. The number of aromatic nitrogens is 4. The van der Waals surface area contributed by atoms with Crippen LogP contribution in [0.2, 0.25) is 0 Å². The lowest BCUT2D eigenvalue weighted by Crippen LogP contribution is -2.24. The molecule has 0 aliphatic carbocycles. The van der Waals surface area contributed by atoms with E-state index in [1.807, 2.05) is 43.3 Å². The summed E-state index contributed by atoms with van der Waals surface area (Å²) in [4.78, 5) is 18.5. The molecule has 1 aliphatic rings. The largest absolute Gasteiger partial charge is 0.420 e. The molecule has 4 aromatic rings. The number of nitrogens with two attached hydrogens (primary N) is 1. The van der Waals surface area contributed by atoms with E-state index in [1.54, 1.807) is 10.7 Å². The summed E-state index contributed by atoms with van der Waals surface area (Å²) in [5, 5.41) is 19.2. The van der Waals surface area contributed by atoms with E-state index in [1.165, 1.54) is 12.1 Å². The number of fused-ring (bicyclic) bond motifs is 2. The van der Waals surface area contributed by atoms with Crippen LogP contribution in [0.4, 0.5) is 11.5 Å². The molecule has 12 heteroatoms. The van der Waals surface area contributed by atoms with Gasteiger partial charge in [-0.15, -0.1) is 0 Å². The van der Waals surface area contributed by atoms with Gasteiger partial charge >= 0.3 is 0 Å². The minimum atomic E-state index is -0.535. The molecule has 0 radical (unpaired) electrons. The molecule has 1 atom stereocenters. The van der Waals surface area contributed by atoms with Gasteiger partial charge < -0.3 is 20.8 Å². The van der Waals surface area contributed by atoms with Crippen molar-refractivity contribution in [2.75, 3.05) is 5.32 Å². The molecule has 0 saturated carbocycles. The molecular formula is C22H17N7O3S2. The Balaban J connectivity index is 1.82. The Kier molecular flexibility index (Phi) is 5.30. The molecule has 5 rings (SSSR count). The van der Waals surface area contributed by atoms with E-state index in [2.05, 4.69) is 15.3 Å². The van der Waals surface area contributed by atoms with Gasteiger partial charge in [-0.2, -0.15) is 10.1 Å². The average Bonchev–Trinajstić information content (AvgIpc) is 3.13. The van der Waals surface area contributed by atoms with Gasteiger partial charge in [0.2, 0.25) is 16.5 Å². The third kappa shape index (κ3) is 3.68. The van der Waals surface area contributed by atoms with E-state index in [0.717, 1.165) is 11.3 Å². The van der Waals surface area contributed by atoms with Crippen molar-refractivity contribution in [2.24, 2.45) is 5.73 Å². The van der Waals surface area contributed by atoms with Crippen LogP contribution in [0.3, 0.4) is 0 Å². The van der Waals surface area contributed by atoms with Gasteiger partial charge in [-0.1, -0.05) is 30.3 Å². The zero-order chi connectivity index (χ0) is 24.0. The second-order valence-electron chi connectivity index (χ2n) is 7.56. The first-order valence-corrected chi connectivity index (χ1v) is 10.9. The van der Waals surface area contributed by atoms with Crippen LogP contribution in [-0.4, -0.2) is 29.8 Å². The minimum Gasteiger partial charge on any atom is -0.420 e. The van der Waals surface area contributed by atoms with E-state index in [9.17, 15) is 10.1 Å². The number of anilines is 1. The molecule has 4 N–H and O–H groups in total. The predicted octanol–water partition coefficient (Wildman–Crippen LogP) is 4.48. The summed E-state index contributed by atoms with van der Waals surface area (Å²) in [5.41, 5.74) is 9.13. The first kappa shape index (κ1) is 21.7. The third-order valence-electron chi connectivity index (χ3n) is 5.43. The van der Waals surface area contributed by atoms with Gasteiger partial charge in [0.25, 0.3) is 5.69 Å². The van der Waals surface area contributed by atoms with Crippen molar-refractivity contribution in [3.63, 3.8) is 0 Å². The van der Waals surface area contributed by atoms with Crippen molar-refractivity contribution in [1.29, 1.82) is 0 Å². The van der Waals surface area contributed by atoms with Crippen molar-refractivity contribution in [3.8, 4) is 17.4 Å². The second kappa shape index (κ2) is 8.32. The molecule has 2 aromatic heterocycles. The molecule has 0 amide bonds. The van der Waals surface area contributed by atoms with Gasteiger partial charge in [0.1, 0.15) is 5.82 Å². The lowest BCUT2D eigenvalue weighted by molar-refractivity contribution is -0.384. The maximum absolute atomic E-state index is 11.5. The Hall–Kier alpha value is -4.16. The average molecular weight is 492 g/mol. The highest BCUT2D eigenvalue weighted by molar-refractivity contribution is 7.80. The lowest BCUT2D eigenvalue weighted by Gasteiger charge is -2.28. The number of nitrogens with zero attached hydrogens (tertiary/aromatic N) is 4. The monoisotopic (exact) mass is 491 g/mol. The third-order valence-corrected chi connectivity index (χ3v) is 5.73. The summed E-state index contributed by atoms with van der Waals surface area (Å²) in [6, 6.07) is 15.9. The molecule has 0 fully saturated rings. The number of H-pyrrole nitrogens is 1. The fourth-order valence-electron chi connectivity index (χ4n) is 4.11. The molecule has 1 unspecified atom stereocenters. The van der Waals surface area contributed by atoms with Crippen molar-refractivity contribution < 1.29 is 9.66 Å². The normalized spacial score (nSPS) is 14.0. The van der Waals surface area contributed by atoms with Crippen LogP contribution in [0.15, 0.2) is 54.6 Å². The van der Waals surface area contributed by atoms with Crippen LogP contribution in [0.1, 0.15) is 28.3 Å². The minimum absolute atomic E-state index is 0.0133. The quantitative estimate of drug-likeness (QED) is 0.189. The first-order chi connectivity index (χ1) is 16.3. The van der Waals surface area contributed by atoms with E-state index < -0.39 is 10.8 Å². The fraction of sp³-hybridized carbons (Fsp3) is 0.0909. The number of benzene rings is 2. The number of thiocarbonyl (C=S) groups is 1. The van der Waals surface area contributed by atoms with Crippen LogP contribution < -0.4 is 15.8 Å². The molecule has 0 bridgehead atoms. The summed E-state index contributed by atoms with van der Waals surface area (Å²) in [7, 11) is 0. The number of ether oxygens (including phenoxy) is 1. The molecule has 170 valence electrons. The SMILES string of the molecule is Cc1nn(-c2ccccc2)c2c1C(c1cccc([N+](=O)[O-])c1)c1c(nc(=S)[nH]c1NC(N)=S)O2. The fourth-order valence-corrected chi connectivity index (χ4v) is 4.40. The predicted molar refractivity (Wildman–Crippen MR) is 132 cm³/mol. The number of hydrogen-bond acceptors (Lipinski definition) is 7. The number of para-hydroxylation sites is 1. The molecule has 0 spiro atoms. The Labute approximate surface area is 203 Å². The Morgan fingerprint density at radius 2 is 2.00 bits per heavy atom. The smallest absolute Gasteiger partial charge is 0.269 e. The van der Waals surface area contributed by atoms with E-state index in [0.29, 0.717) is 28.5 Å². The number of rotatable bonds is 4. The number of hydrogen-bond donors (Lipinski definition) is 3. The van der Waals surface area contributed by atoms with Crippen molar-refractivity contribution >= 4 is 41.1 Å². The van der Waals surface area contributed by atoms with Gasteiger partial charge in [0, 0.05) is 12.1 Å². The van der Waals surface area contributed by atoms with Crippen LogP contribution in [0, 0.1) is 21.8 Å². The molecule has 2 aromatic carbocycles. The lowest BCUT2D eigenvalue weighted by atomic mass is 9.84.